The molecule has 4 nitrogen and oxygen atoms in total. The maximum Gasteiger partial charge on any atom is 0.328 e. The second-order valence-corrected chi connectivity index (χ2v) is 4.18. The average molecular weight is 299 g/mol. The van der Waals surface area contributed by atoms with Gasteiger partial charge in [0, 0.05) is 17.0 Å². The summed E-state index contributed by atoms with van der Waals surface area (Å²) >= 11 is 3.34. The Balaban J connectivity index is 2.90. The van der Waals surface area contributed by atoms with E-state index < -0.39 is 11.9 Å². The lowest BCUT2D eigenvalue weighted by Gasteiger charge is -2.05. The maximum absolute atomic E-state index is 10.5. The number of carbonyl (C=O) groups is 2. The lowest BCUT2D eigenvalue weighted by molar-refractivity contribution is -0.137. The molecular formula is C12H11BrO4. The predicted octanol–water partition coefficient (Wildman–Crippen LogP) is 2.56. The molecule has 0 aliphatic carbocycles. The van der Waals surface area contributed by atoms with E-state index >= 15 is 0 Å². The average Bonchev–Trinajstić information content (AvgIpc) is 2.25. The Bertz CT molecular complexity index is 466. The Morgan fingerprint density at radius 2 is 2.00 bits per heavy atom. The highest BCUT2D eigenvalue weighted by molar-refractivity contribution is 9.10. The van der Waals surface area contributed by atoms with Gasteiger partial charge in [0.1, 0.15) is 0 Å². The molecule has 17 heavy (non-hydrogen) atoms. The van der Waals surface area contributed by atoms with E-state index in [4.69, 9.17) is 10.2 Å². The van der Waals surface area contributed by atoms with E-state index in [0.29, 0.717) is 6.42 Å². The van der Waals surface area contributed by atoms with Crippen molar-refractivity contribution in [3.8, 4) is 0 Å². The van der Waals surface area contributed by atoms with Crippen LogP contribution in [0.4, 0.5) is 0 Å². The Morgan fingerprint density at radius 3 is 2.59 bits per heavy atom. The fourth-order valence-corrected chi connectivity index (χ4v) is 1.92. The highest BCUT2D eigenvalue weighted by atomic mass is 79.9. The molecule has 0 saturated heterocycles. The van der Waals surface area contributed by atoms with E-state index in [9.17, 15) is 9.59 Å². The highest BCUT2D eigenvalue weighted by Crippen LogP contribution is 2.24. The highest BCUT2D eigenvalue weighted by Gasteiger charge is 2.06. The first kappa shape index (κ1) is 13.4. The predicted molar refractivity (Wildman–Crippen MR) is 66.8 cm³/mol. The van der Waals surface area contributed by atoms with Crippen molar-refractivity contribution in [1.29, 1.82) is 0 Å². The molecule has 1 rings (SSSR count). The van der Waals surface area contributed by atoms with E-state index in [1.165, 1.54) is 6.08 Å². The van der Waals surface area contributed by atoms with Gasteiger partial charge >= 0.3 is 11.9 Å². The Morgan fingerprint density at radius 1 is 1.29 bits per heavy atom. The van der Waals surface area contributed by atoms with Crippen molar-refractivity contribution in [2.75, 3.05) is 0 Å². The topological polar surface area (TPSA) is 74.6 Å². The van der Waals surface area contributed by atoms with Gasteiger partial charge in [0.2, 0.25) is 0 Å². The Kier molecular flexibility index (Phi) is 4.90. The maximum atomic E-state index is 10.5. The van der Waals surface area contributed by atoms with Crippen LogP contribution >= 0.6 is 15.9 Å². The summed E-state index contributed by atoms with van der Waals surface area (Å²) in [7, 11) is 0. The van der Waals surface area contributed by atoms with Crippen molar-refractivity contribution in [3.05, 3.63) is 39.9 Å². The van der Waals surface area contributed by atoms with Crippen LogP contribution in [0.2, 0.25) is 0 Å². The summed E-state index contributed by atoms with van der Waals surface area (Å²) in [5.74, 6) is -1.88. The fraction of sp³-hybridized carbons (Fsp3) is 0.167. The van der Waals surface area contributed by atoms with Gasteiger partial charge < -0.3 is 10.2 Å². The Hall–Kier alpha value is -1.62. The van der Waals surface area contributed by atoms with Crippen molar-refractivity contribution in [3.63, 3.8) is 0 Å². The molecular weight excluding hydrogens is 288 g/mol. The first-order valence-electron chi connectivity index (χ1n) is 4.91. The molecule has 5 heteroatoms. The quantitative estimate of drug-likeness (QED) is 0.819. The molecule has 0 heterocycles. The number of aliphatic carboxylic acids is 2. The third kappa shape index (κ3) is 4.40. The van der Waals surface area contributed by atoms with Gasteiger partial charge in [0.15, 0.2) is 0 Å². The molecule has 0 aliphatic rings. The normalized spacial score (nSPS) is 10.6. The number of hydrogen-bond acceptors (Lipinski definition) is 2. The van der Waals surface area contributed by atoms with Crippen molar-refractivity contribution < 1.29 is 19.8 Å². The van der Waals surface area contributed by atoms with Gasteiger partial charge in [-0.15, -0.1) is 0 Å². The molecule has 0 saturated carbocycles. The summed E-state index contributed by atoms with van der Waals surface area (Å²) in [5.41, 5.74) is 1.57. The van der Waals surface area contributed by atoms with Crippen LogP contribution in [-0.4, -0.2) is 22.2 Å². The minimum Gasteiger partial charge on any atom is -0.481 e. The largest absolute Gasteiger partial charge is 0.481 e. The molecule has 0 amide bonds. The smallest absolute Gasteiger partial charge is 0.328 e. The number of rotatable bonds is 5. The molecule has 0 spiro atoms. The summed E-state index contributed by atoms with van der Waals surface area (Å²) in [5, 5.41) is 17.1. The van der Waals surface area contributed by atoms with Gasteiger partial charge in [-0.3, -0.25) is 4.79 Å². The number of carboxylic acid groups (broad SMARTS) is 2. The van der Waals surface area contributed by atoms with Crippen LogP contribution in [0.1, 0.15) is 17.5 Å². The second-order valence-electron chi connectivity index (χ2n) is 3.39. The van der Waals surface area contributed by atoms with E-state index in [2.05, 4.69) is 15.9 Å². The van der Waals surface area contributed by atoms with Crippen LogP contribution in [0.5, 0.6) is 0 Å². The molecule has 0 radical (unpaired) electrons. The van der Waals surface area contributed by atoms with E-state index in [1.54, 1.807) is 12.1 Å². The molecule has 90 valence electrons. The molecule has 0 unspecified atom stereocenters. The zero-order valence-corrected chi connectivity index (χ0v) is 10.5. The van der Waals surface area contributed by atoms with Gasteiger partial charge in [-0.2, -0.15) is 0 Å². The third-order valence-corrected chi connectivity index (χ3v) is 3.09. The number of benzene rings is 1. The van der Waals surface area contributed by atoms with Crippen molar-refractivity contribution in [2.24, 2.45) is 0 Å². The zero-order chi connectivity index (χ0) is 12.8. The van der Waals surface area contributed by atoms with Crippen LogP contribution in [0.15, 0.2) is 28.7 Å². The van der Waals surface area contributed by atoms with Crippen LogP contribution in [-0.2, 0) is 16.0 Å². The minimum atomic E-state index is -1.02. The molecule has 0 fully saturated rings. The zero-order valence-electron chi connectivity index (χ0n) is 8.89. The van der Waals surface area contributed by atoms with Crippen LogP contribution in [0, 0.1) is 0 Å². The molecule has 0 aliphatic heterocycles. The van der Waals surface area contributed by atoms with Gasteiger partial charge in [-0.25, -0.2) is 4.79 Å². The van der Waals surface area contributed by atoms with E-state index in [1.807, 2.05) is 6.07 Å². The summed E-state index contributed by atoms with van der Waals surface area (Å²) < 4.78 is 0.735. The van der Waals surface area contributed by atoms with Gasteiger partial charge in [0.05, 0.1) is 0 Å². The number of carboxylic acids is 2. The van der Waals surface area contributed by atoms with E-state index in [-0.39, 0.29) is 6.42 Å². The SMILES string of the molecule is O=C(O)/C=C/c1cccc(CCC(=O)O)c1Br. The van der Waals surface area contributed by atoms with Crippen molar-refractivity contribution in [2.45, 2.75) is 12.8 Å². The van der Waals surface area contributed by atoms with Gasteiger partial charge in [-0.1, -0.05) is 18.2 Å². The van der Waals surface area contributed by atoms with Gasteiger partial charge in [-0.05, 0) is 39.6 Å². The second kappa shape index (κ2) is 6.20. The Labute approximate surface area is 107 Å². The monoisotopic (exact) mass is 298 g/mol. The van der Waals surface area contributed by atoms with Gasteiger partial charge in [0.25, 0.3) is 0 Å². The number of aryl methyl sites for hydroxylation is 1. The van der Waals surface area contributed by atoms with Crippen LogP contribution < -0.4 is 0 Å². The lowest BCUT2D eigenvalue weighted by atomic mass is 10.1. The molecule has 0 aromatic heterocycles. The first-order valence-corrected chi connectivity index (χ1v) is 5.70. The van der Waals surface area contributed by atoms with Crippen molar-refractivity contribution >= 4 is 33.9 Å². The minimum absolute atomic E-state index is 0.0463. The number of hydrogen-bond donors (Lipinski definition) is 2. The first-order chi connectivity index (χ1) is 8.00. The molecule has 0 atom stereocenters. The van der Waals surface area contributed by atoms with E-state index in [0.717, 1.165) is 21.7 Å². The summed E-state index contributed by atoms with van der Waals surface area (Å²) in [6.07, 6.45) is 2.97. The van der Waals surface area contributed by atoms with Crippen LogP contribution in [0.25, 0.3) is 6.08 Å². The molecule has 2 N–H and O–H groups in total. The molecule has 1 aromatic carbocycles. The third-order valence-electron chi connectivity index (χ3n) is 2.12. The number of halogens is 1. The van der Waals surface area contributed by atoms with Crippen molar-refractivity contribution in [1.82, 2.24) is 0 Å². The standard InChI is InChI=1S/C12H11BrO4/c13-12-8(4-6-10(14)15)2-1-3-9(12)5-7-11(16)17/h1-4,6H,5,7H2,(H,14,15)(H,16,17)/b6-4+. The lowest BCUT2D eigenvalue weighted by Crippen LogP contribution is -1.98. The molecule has 1 aromatic rings. The fourth-order valence-electron chi connectivity index (χ4n) is 1.32. The van der Waals surface area contributed by atoms with Crippen LogP contribution in [0.3, 0.4) is 0 Å². The summed E-state index contributed by atoms with van der Waals surface area (Å²) in [6.45, 7) is 0. The molecule has 0 bridgehead atoms. The summed E-state index contributed by atoms with van der Waals surface area (Å²) in [4.78, 5) is 20.9. The summed E-state index contributed by atoms with van der Waals surface area (Å²) in [6, 6.07) is 5.34.